The molecule has 6 nitrogen and oxygen atoms in total. The molecule has 0 aromatic heterocycles. The molecule has 1 fully saturated rings. The summed E-state index contributed by atoms with van der Waals surface area (Å²) in [6.45, 7) is 3.19. The molecular formula is C20H22N2O4. The van der Waals surface area contributed by atoms with Gasteiger partial charge in [0.05, 0.1) is 6.61 Å². The van der Waals surface area contributed by atoms with E-state index in [1.807, 2.05) is 19.1 Å². The lowest BCUT2D eigenvalue weighted by atomic mass is 10.3. The van der Waals surface area contributed by atoms with E-state index in [4.69, 9.17) is 9.47 Å². The van der Waals surface area contributed by atoms with E-state index in [0.29, 0.717) is 24.5 Å². The van der Waals surface area contributed by atoms with Crippen LogP contribution >= 0.6 is 0 Å². The summed E-state index contributed by atoms with van der Waals surface area (Å²) in [6.07, 6.45) is 1.49. The van der Waals surface area contributed by atoms with Crippen molar-refractivity contribution in [1.29, 1.82) is 0 Å². The highest BCUT2D eigenvalue weighted by atomic mass is 16.5. The second-order valence-electron chi connectivity index (χ2n) is 5.94. The first-order valence-electron chi connectivity index (χ1n) is 8.71. The molecule has 1 aliphatic rings. The summed E-state index contributed by atoms with van der Waals surface area (Å²) in [4.78, 5) is 25.5. The predicted octanol–water partition coefficient (Wildman–Crippen LogP) is 3.23. The van der Waals surface area contributed by atoms with Crippen molar-refractivity contribution in [3.63, 3.8) is 0 Å². The molecule has 2 amide bonds. The van der Waals surface area contributed by atoms with E-state index in [-0.39, 0.29) is 18.4 Å². The molecule has 0 unspecified atom stereocenters. The Morgan fingerprint density at radius 2 is 1.69 bits per heavy atom. The molecule has 1 N–H and O–H groups in total. The van der Waals surface area contributed by atoms with Gasteiger partial charge >= 0.3 is 0 Å². The molecule has 3 rings (SSSR count). The standard InChI is InChI=1S/C20H22N2O4/c1-2-25-17-9-5-15(6-10-17)21-19(23)14-26-18-11-7-16(8-12-18)22-13-3-4-20(22)24/h5-12H,2-4,13-14H2,1H3,(H,21,23). The van der Waals surface area contributed by atoms with Gasteiger partial charge in [0, 0.05) is 24.3 Å². The summed E-state index contributed by atoms with van der Waals surface area (Å²) < 4.78 is 10.9. The van der Waals surface area contributed by atoms with E-state index in [1.54, 1.807) is 41.3 Å². The maximum atomic E-state index is 12.0. The van der Waals surface area contributed by atoms with Gasteiger partial charge in [-0.25, -0.2) is 0 Å². The molecule has 1 heterocycles. The minimum absolute atomic E-state index is 0.0881. The average Bonchev–Trinajstić information content (AvgIpc) is 3.08. The zero-order valence-corrected chi connectivity index (χ0v) is 14.7. The zero-order chi connectivity index (χ0) is 18.4. The van der Waals surface area contributed by atoms with Crippen LogP contribution in [0.4, 0.5) is 11.4 Å². The van der Waals surface area contributed by atoms with Crippen LogP contribution in [0.3, 0.4) is 0 Å². The Morgan fingerprint density at radius 1 is 1.04 bits per heavy atom. The van der Waals surface area contributed by atoms with Gasteiger partial charge in [0.1, 0.15) is 11.5 Å². The van der Waals surface area contributed by atoms with Gasteiger partial charge < -0.3 is 19.7 Å². The minimum Gasteiger partial charge on any atom is -0.494 e. The molecule has 1 saturated heterocycles. The highest BCUT2D eigenvalue weighted by Gasteiger charge is 2.21. The molecule has 1 aliphatic heterocycles. The molecule has 2 aromatic rings. The number of ether oxygens (including phenoxy) is 2. The van der Waals surface area contributed by atoms with E-state index in [1.165, 1.54) is 0 Å². The summed E-state index contributed by atoms with van der Waals surface area (Å²) in [5, 5.41) is 2.77. The van der Waals surface area contributed by atoms with Gasteiger partial charge in [0.15, 0.2) is 6.61 Å². The van der Waals surface area contributed by atoms with Gasteiger partial charge in [0.2, 0.25) is 5.91 Å². The number of carbonyl (C=O) groups excluding carboxylic acids is 2. The Balaban J connectivity index is 1.48. The number of hydrogen-bond acceptors (Lipinski definition) is 4. The van der Waals surface area contributed by atoms with Crippen molar-refractivity contribution in [2.24, 2.45) is 0 Å². The van der Waals surface area contributed by atoms with Crippen molar-refractivity contribution in [2.75, 3.05) is 30.0 Å². The zero-order valence-electron chi connectivity index (χ0n) is 14.7. The van der Waals surface area contributed by atoms with Crippen LogP contribution in [0.15, 0.2) is 48.5 Å². The van der Waals surface area contributed by atoms with Gasteiger partial charge in [0.25, 0.3) is 5.91 Å². The lowest BCUT2D eigenvalue weighted by Crippen LogP contribution is -2.23. The number of amides is 2. The van der Waals surface area contributed by atoms with Gasteiger partial charge in [-0.2, -0.15) is 0 Å². The Kier molecular flexibility index (Phi) is 5.73. The second kappa shape index (κ2) is 8.38. The van der Waals surface area contributed by atoms with Crippen molar-refractivity contribution in [3.05, 3.63) is 48.5 Å². The third kappa shape index (κ3) is 4.53. The molecule has 136 valence electrons. The van der Waals surface area contributed by atoms with Gasteiger partial charge in [-0.05, 0) is 61.9 Å². The first-order valence-corrected chi connectivity index (χ1v) is 8.71. The Morgan fingerprint density at radius 3 is 2.31 bits per heavy atom. The normalized spacial score (nSPS) is 13.6. The molecule has 0 spiro atoms. The maximum absolute atomic E-state index is 12.0. The van der Waals surface area contributed by atoms with E-state index in [9.17, 15) is 9.59 Å². The van der Waals surface area contributed by atoms with Crippen molar-refractivity contribution in [3.8, 4) is 11.5 Å². The van der Waals surface area contributed by atoms with Crippen LogP contribution in [0.5, 0.6) is 11.5 Å². The number of nitrogens with one attached hydrogen (secondary N) is 1. The van der Waals surface area contributed by atoms with Crippen LogP contribution in [-0.2, 0) is 9.59 Å². The Bertz CT molecular complexity index is 756. The SMILES string of the molecule is CCOc1ccc(NC(=O)COc2ccc(N3CCCC3=O)cc2)cc1. The van der Waals surface area contributed by atoms with Crippen LogP contribution in [0.25, 0.3) is 0 Å². The number of rotatable bonds is 7. The Hall–Kier alpha value is -3.02. The summed E-state index contributed by atoms with van der Waals surface area (Å²) in [6, 6.07) is 14.4. The summed E-state index contributed by atoms with van der Waals surface area (Å²) in [5.41, 5.74) is 1.55. The molecule has 0 bridgehead atoms. The van der Waals surface area contributed by atoms with E-state index >= 15 is 0 Å². The largest absolute Gasteiger partial charge is 0.494 e. The van der Waals surface area contributed by atoms with Gasteiger partial charge in [-0.3, -0.25) is 9.59 Å². The van der Waals surface area contributed by atoms with E-state index < -0.39 is 0 Å². The van der Waals surface area contributed by atoms with Gasteiger partial charge in [-0.15, -0.1) is 0 Å². The summed E-state index contributed by atoms with van der Waals surface area (Å²) in [5.74, 6) is 1.25. The lowest BCUT2D eigenvalue weighted by molar-refractivity contribution is -0.118. The van der Waals surface area contributed by atoms with Crippen molar-refractivity contribution in [1.82, 2.24) is 0 Å². The topological polar surface area (TPSA) is 67.9 Å². The van der Waals surface area contributed by atoms with Crippen molar-refractivity contribution < 1.29 is 19.1 Å². The van der Waals surface area contributed by atoms with Crippen molar-refractivity contribution >= 4 is 23.2 Å². The molecule has 0 radical (unpaired) electrons. The molecule has 2 aromatic carbocycles. The Labute approximate surface area is 152 Å². The molecule has 0 aliphatic carbocycles. The number of carbonyl (C=O) groups is 2. The highest BCUT2D eigenvalue weighted by Crippen LogP contribution is 2.24. The molecular weight excluding hydrogens is 332 g/mol. The molecule has 0 saturated carbocycles. The fourth-order valence-electron chi connectivity index (χ4n) is 2.79. The molecule has 26 heavy (non-hydrogen) atoms. The first-order chi connectivity index (χ1) is 12.7. The fraction of sp³-hybridized carbons (Fsp3) is 0.300. The summed E-state index contributed by atoms with van der Waals surface area (Å²) >= 11 is 0. The minimum atomic E-state index is -0.243. The second-order valence-corrected chi connectivity index (χ2v) is 5.94. The highest BCUT2D eigenvalue weighted by molar-refractivity contribution is 5.95. The number of anilines is 2. The van der Waals surface area contributed by atoms with Crippen LogP contribution < -0.4 is 19.7 Å². The average molecular weight is 354 g/mol. The third-order valence-corrected chi connectivity index (χ3v) is 4.04. The molecule has 0 atom stereocenters. The number of hydrogen-bond donors (Lipinski definition) is 1. The number of nitrogens with zero attached hydrogens (tertiary/aromatic N) is 1. The van der Waals surface area contributed by atoms with Crippen LogP contribution in [0.1, 0.15) is 19.8 Å². The van der Waals surface area contributed by atoms with Crippen LogP contribution in [0.2, 0.25) is 0 Å². The molecule has 6 heteroatoms. The lowest BCUT2D eigenvalue weighted by Gasteiger charge is -2.16. The maximum Gasteiger partial charge on any atom is 0.262 e. The monoisotopic (exact) mass is 354 g/mol. The predicted molar refractivity (Wildman–Crippen MR) is 99.8 cm³/mol. The van der Waals surface area contributed by atoms with Crippen LogP contribution in [0, 0.1) is 0 Å². The van der Waals surface area contributed by atoms with Crippen LogP contribution in [-0.4, -0.2) is 31.6 Å². The fourth-order valence-corrected chi connectivity index (χ4v) is 2.79. The quantitative estimate of drug-likeness (QED) is 0.829. The first kappa shape index (κ1) is 17.8. The summed E-state index contributed by atoms with van der Waals surface area (Å²) in [7, 11) is 0. The van der Waals surface area contributed by atoms with E-state index in [0.717, 1.165) is 24.4 Å². The van der Waals surface area contributed by atoms with E-state index in [2.05, 4.69) is 5.32 Å². The number of benzene rings is 2. The smallest absolute Gasteiger partial charge is 0.262 e. The third-order valence-electron chi connectivity index (χ3n) is 4.04. The van der Waals surface area contributed by atoms with Crippen molar-refractivity contribution in [2.45, 2.75) is 19.8 Å². The van der Waals surface area contributed by atoms with Gasteiger partial charge in [-0.1, -0.05) is 0 Å².